The second-order valence-electron chi connectivity index (χ2n) is 3.40. The van der Waals surface area contributed by atoms with Crippen LogP contribution in [0, 0.1) is 9.39 Å². The maximum Gasteiger partial charge on any atom is 0.150 e. The molecule has 0 atom stereocenters. The summed E-state index contributed by atoms with van der Waals surface area (Å²) in [6.07, 6.45) is 0.588. The third-order valence-corrected chi connectivity index (χ3v) is 2.73. The van der Waals surface area contributed by atoms with Gasteiger partial charge in [0.2, 0.25) is 0 Å². The predicted octanol–water partition coefficient (Wildman–Crippen LogP) is 4.04. The van der Waals surface area contributed by atoms with E-state index in [4.69, 9.17) is 4.74 Å². The van der Waals surface area contributed by atoms with Gasteiger partial charge in [0.25, 0.3) is 0 Å². The van der Waals surface area contributed by atoms with Crippen molar-refractivity contribution in [3.8, 4) is 11.5 Å². The first kappa shape index (κ1) is 12.0. The van der Waals surface area contributed by atoms with E-state index >= 15 is 0 Å². The third kappa shape index (κ3) is 3.26. The third-order valence-electron chi connectivity index (χ3n) is 2.06. The zero-order valence-electron chi connectivity index (χ0n) is 8.69. The molecule has 0 saturated carbocycles. The van der Waals surface area contributed by atoms with Gasteiger partial charge >= 0.3 is 0 Å². The fourth-order valence-electron chi connectivity index (χ4n) is 1.38. The number of ether oxygens (including phenoxy) is 1. The second-order valence-corrected chi connectivity index (χ2v) is 4.64. The van der Waals surface area contributed by atoms with Crippen molar-refractivity contribution in [3.63, 3.8) is 0 Å². The molecule has 0 bridgehead atoms. The van der Waals surface area contributed by atoms with Gasteiger partial charge in [0, 0.05) is 15.2 Å². The van der Waals surface area contributed by atoms with E-state index in [0.29, 0.717) is 17.8 Å². The van der Waals surface area contributed by atoms with Crippen LogP contribution in [0.5, 0.6) is 11.5 Å². The van der Waals surface area contributed by atoms with E-state index in [2.05, 4.69) is 22.6 Å². The minimum atomic E-state index is -0.491. The zero-order chi connectivity index (χ0) is 12.3. The Morgan fingerprint density at radius 3 is 2.65 bits per heavy atom. The van der Waals surface area contributed by atoms with E-state index < -0.39 is 5.82 Å². The van der Waals surface area contributed by atoms with Gasteiger partial charge in [0.1, 0.15) is 23.6 Å². The molecule has 0 aromatic heterocycles. The lowest BCUT2D eigenvalue weighted by molar-refractivity contribution is 0.112. The summed E-state index contributed by atoms with van der Waals surface area (Å²) in [6.45, 7) is 0. The highest BCUT2D eigenvalue weighted by atomic mass is 127. The van der Waals surface area contributed by atoms with Crippen molar-refractivity contribution < 1.29 is 13.9 Å². The van der Waals surface area contributed by atoms with Gasteiger partial charge < -0.3 is 4.74 Å². The summed E-state index contributed by atoms with van der Waals surface area (Å²) in [5.41, 5.74) is 0.255. The Morgan fingerprint density at radius 2 is 1.94 bits per heavy atom. The monoisotopic (exact) mass is 342 g/mol. The van der Waals surface area contributed by atoms with Crippen molar-refractivity contribution in [1.29, 1.82) is 0 Å². The summed E-state index contributed by atoms with van der Waals surface area (Å²) in [5.74, 6) is 0.434. The van der Waals surface area contributed by atoms with Crippen molar-refractivity contribution in [2.24, 2.45) is 0 Å². The van der Waals surface area contributed by atoms with E-state index in [0.717, 1.165) is 9.64 Å². The van der Waals surface area contributed by atoms with E-state index in [1.54, 1.807) is 6.07 Å². The minimum absolute atomic E-state index is 0.255. The first-order valence-corrected chi connectivity index (χ1v) is 5.94. The number of carbonyl (C=O) groups is 1. The van der Waals surface area contributed by atoms with Crippen molar-refractivity contribution in [3.05, 3.63) is 57.4 Å². The highest BCUT2D eigenvalue weighted by Gasteiger charge is 2.03. The van der Waals surface area contributed by atoms with Gasteiger partial charge in [-0.2, -0.15) is 0 Å². The summed E-state index contributed by atoms with van der Waals surface area (Å²) >= 11 is 2.16. The Labute approximate surface area is 112 Å². The Bertz CT molecular complexity index is 555. The molecule has 0 fully saturated rings. The van der Waals surface area contributed by atoms with Crippen LogP contribution in [0.25, 0.3) is 0 Å². The normalized spacial score (nSPS) is 10.0. The lowest BCUT2D eigenvalue weighted by Crippen LogP contribution is -1.89. The molecular formula is C13H8FIO2. The summed E-state index contributed by atoms with van der Waals surface area (Å²) in [4.78, 5) is 10.6. The molecule has 17 heavy (non-hydrogen) atoms. The van der Waals surface area contributed by atoms with Gasteiger partial charge in [-0.1, -0.05) is 6.07 Å². The van der Waals surface area contributed by atoms with Crippen LogP contribution in [0.3, 0.4) is 0 Å². The number of halogens is 2. The molecule has 0 saturated heterocycles. The van der Waals surface area contributed by atoms with Gasteiger partial charge in [-0.05, 0) is 52.9 Å². The quantitative estimate of drug-likeness (QED) is 0.622. The van der Waals surface area contributed by atoms with E-state index in [-0.39, 0.29) is 5.56 Å². The summed E-state index contributed by atoms with van der Waals surface area (Å²) in [7, 11) is 0. The van der Waals surface area contributed by atoms with Crippen LogP contribution in [-0.2, 0) is 0 Å². The number of hydrogen-bond acceptors (Lipinski definition) is 2. The highest BCUT2D eigenvalue weighted by molar-refractivity contribution is 14.1. The molecule has 0 heterocycles. The number of benzene rings is 2. The molecule has 0 radical (unpaired) electrons. The smallest absolute Gasteiger partial charge is 0.150 e. The molecule has 0 aliphatic heterocycles. The molecule has 4 heteroatoms. The van der Waals surface area contributed by atoms with Crippen molar-refractivity contribution in [1.82, 2.24) is 0 Å². The maximum absolute atomic E-state index is 13.2. The first-order valence-electron chi connectivity index (χ1n) is 4.86. The lowest BCUT2D eigenvalue weighted by Gasteiger charge is -2.06. The molecule has 0 amide bonds. The number of rotatable bonds is 3. The molecule has 0 aliphatic carbocycles. The van der Waals surface area contributed by atoms with Crippen LogP contribution in [0.15, 0.2) is 42.5 Å². The second kappa shape index (κ2) is 5.27. The Kier molecular flexibility index (Phi) is 3.73. The average Bonchev–Trinajstić information content (AvgIpc) is 2.28. The van der Waals surface area contributed by atoms with Crippen LogP contribution >= 0.6 is 22.6 Å². The van der Waals surface area contributed by atoms with Gasteiger partial charge in [0.05, 0.1) is 0 Å². The predicted molar refractivity (Wildman–Crippen MR) is 71.0 cm³/mol. The summed E-state index contributed by atoms with van der Waals surface area (Å²) < 4.78 is 19.7. The van der Waals surface area contributed by atoms with Crippen molar-refractivity contribution in [2.75, 3.05) is 0 Å². The van der Waals surface area contributed by atoms with E-state index in [1.807, 2.05) is 18.2 Å². The van der Waals surface area contributed by atoms with E-state index in [9.17, 15) is 9.18 Å². The fraction of sp³-hybridized carbons (Fsp3) is 0. The van der Waals surface area contributed by atoms with Crippen molar-refractivity contribution >= 4 is 28.9 Å². The Balaban J connectivity index is 2.29. The average molecular weight is 342 g/mol. The Hall–Kier alpha value is -1.43. The minimum Gasteiger partial charge on any atom is -0.457 e. The van der Waals surface area contributed by atoms with Gasteiger partial charge in [-0.15, -0.1) is 0 Å². The Morgan fingerprint density at radius 1 is 1.12 bits per heavy atom. The lowest BCUT2D eigenvalue weighted by atomic mass is 10.2. The molecule has 86 valence electrons. The molecule has 0 N–H and O–H groups in total. The molecule has 0 unspecified atom stereocenters. The van der Waals surface area contributed by atoms with E-state index in [1.165, 1.54) is 12.1 Å². The van der Waals surface area contributed by atoms with Crippen LogP contribution in [0.4, 0.5) is 4.39 Å². The highest BCUT2D eigenvalue weighted by Crippen LogP contribution is 2.24. The first-order chi connectivity index (χ1) is 8.17. The van der Waals surface area contributed by atoms with Crippen LogP contribution < -0.4 is 4.74 Å². The largest absolute Gasteiger partial charge is 0.457 e. The number of hydrogen-bond donors (Lipinski definition) is 0. The fourth-order valence-corrected chi connectivity index (χ4v) is 1.89. The van der Waals surface area contributed by atoms with Crippen LogP contribution in [0.1, 0.15) is 10.4 Å². The van der Waals surface area contributed by atoms with Gasteiger partial charge in [-0.3, -0.25) is 4.79 Å². The van der Waals surface area contributed by atoms with Crippen LogP contribution in [0.2, 0.25) is 0 Å². The summed E-state index contributed by atoms with van der Waals surface area (Å²) in [5, 5.41) is 0. The molecule has 2 aromatic carbocycles. The maximum atomic E-state index is 13.2. The SMILES string of the molecule is O=Cc1cc(F)cc(Oc2cccc(I)c2)c1. The standard InChI is InChI=1S/C13H8FIO2/c14-10-4-9(8-16)5-13(6-10)17-12-3-1-2-11(15)7-12/h1-8H. The van der Waals surface area contributed by atoms with Crippen molar-refractivity contribution in [2.45, 2.75) is 0 Å². The zero-order valence-corrected chi connectivity index (χ0v) is 10.8. The summed E-state index contributed by atoms with van der Waals surface area (Å²) in [6, 6.07) is 11.3. The van der Waals surface area contributed by atoms with Gasteiger partial charge in [-0.25, -0.2) is 4.39 Å². The molecular weight excluding hydrogens is 334 g/mol. The molecule has 2 nitrogen and oxygen atoms in total. The molecule has 0 spiro atoms. The molecule has 0 aliphatic rings. The van der Waals surface area contributed by atoms with Crippen LogP contribution in [-0.4, -0.2) is 6.29 Å². The number of aldehydes is 1. The van der Waals surface area contributed by atoms with Gasteiger partial charge in [0.15, 0.2) is 0 Å². The molecule has 2 aromatic rings. The molecule has 2 rings (SSSR count). The topological polar surface area (TPSA) is 26.3 Å². The number of carbonyl (C=O) groups excluding carboxylic acids is 1.